The number of rotatable bonds is 3. The molecule has 1 aliphatic carbocycles. The summed E-state index contributed by atoms with van der Waals surface area (Å²) < 4.78 is 8.95. The summed E-state index contributed by atoms with van der Waals surface area (Å²) in [5, 5.41) is 3.70. The molecule has 1 aromatic carbocycles. The number of anilines is 1. The fourth-order valence-corrected chi connectivity index (χ4v) is 3.99. The third-order valence-corrected chi connectivity index (χ3v) is 4.95. The van der Waals surface area contributed by atoms with E-state index in [2.05, 4.69) is 38.4 Å². The van der Waals surface area contributed by atoms with Crippen molar-refractivity contribution in [2.24, 2.45) is 13.8 Å². The van der Waals surface area contributed by atoms with Gasteiger partial charge in [-0.1, -0.05) is 0 Å². The van der Waals surface area contributed by atoms with Crippen LogP contribution in [0.4, 0.5) is 17.1 Å². The van der Waals surface area contributed by atoms with Gasteiger partial charge in [0.25, 0.3) is 0 Å². The summed E-state index contributed by atoms with van der Waals surface area (Å²) in [7, 11) is 0. The molecular formula is C13H17N3Se. The average Bonchev–Trinajstić information content (AvgIpc) is 2.97. The molecule has 3 nitrogen and oxygen atoms in total. The zero-order valence-electron chi connectivity index (χ0n) is 10.0. The molecule has 0 aromatic heterocycles. The van der Waals surface area contributed by atoms with Gasteiger partial charge in [-0.25, -0.2) is 0 Å². The zero-order chi connectivity index (χ0) is 11.7. The standard InChI is InChI=1S/C13H17N3Se/c1-2-9-5-3-6-10(9)14-11-7-4-8-12-13(11)16-17-15-12/h4,7-10,14H,2-3,5-6H2,1H3. The van der Waals surface area contributed by atoms with E-state index in [9.17, 15) is 0 Å². The summed E-state index contributed by atoms with van der Waals surface area (Å²) in [5.74, 6) is 0.828. The molecule has 1 aliphatic heterocycles. The molecule has 1 fully saturated rings. The topological polar surface area (TPSA) is 36.8 Å². The zero-order valence-corrected chi connectivity index (χ0v) is 11.7. The number of hydrogen-bond donors (Lipinski definition) is 1. The van der Waals surface area contributed by atoms with Crippen LogP contribution in [0.5, 0.6) is 0 Å². The van der Waals surface area contributed by atoms with Gasteiger partial charge in [0.1, 0.15) is 0 Å². The molecule has 0 radical (unpaired) electrons. The van der Waals surface area contributed by atoms with Crippen LogP contribution in [0, 0.1) is 5.92 Å². The van der Waals surface area contributed by atoms with Crippen LogP contribution in [0.2, 0.25) is 0 Å². The van der Waals surface area contributed by atoms with Gasteiger partial charge >= 0.3 is 108 Å². The molecule has 2 unspecified atom stereocenters. The van der Waals surface area contributed by atoms with Crippen LogP contribution in [0.1, 0.15) is 32.6 Å². The second kappa shape index (κ2) is 4.79. The van der Waals surface area contributed by atoms with Crippen molar-refractivity contribution >= 4 is 31.6 Å². The van der Waals surface area contributed by atoms with Crippen molar-refractivity contribution in [3.63, 3.8) is 0 Å². The first-order chi connectivity index (χ1) is 8.38. The van der Waals surface area contributed by atoms with E-state index >= 15 is 0 Å². The van der Waals surface area contributed by atoms with E-state index < -0.39 is 0 Å². The van der Waals surface area contributed by atoms with Gasteiger partial charge in [-0.3, -0.25) is 0 Å². The Morgan fingerprint density at radius 3 is 3.18 bits per heavy atom. The van der Waals surface area contributed by atoms with Gasteiger partial charge in [0.15, 0.2) is 0 Å². The van der Waals surface area contributed by atoms with Crippen LogP contribution < -0.4 is 5.32 Å². The van der Waals surface area contributed by atoms with E-state index in [4.69, 9.17) is 0 Å². The number of benzene rings is 1. The Kier molecular flexibility index (Phi) is 3.17. The van der Waals surface area contributed by atoms with Crippen LogP contribution in [-0.4, -0.2) is 20.6 Å². The molecule has 0 saturated heterocycles. The number of nitrogens with one attached hydrogen (secondary N) is 1. The molecule has 0 bridgehead atoms. The molecule has 2 aliphatic rings. The molecule has 1 saturated carbocycles. The Bertz CT molecular complexity index is 491. The second-order valence-electron chi connectivity index (χ2n) is 4.79. The second-order valence-corrected chi connectivity index (χ2v) is 5.90. The molecule has 17 heavy (non-hydrogen) atoms. The maximum atomic E-state index is 4.53. The molecule has 1 aromatic rings. The number of nitrogens with zero attached hydrogens (tertiary/aromatic N) is 2. The summed E-state index contributed by atoms with van der Waals surface area (Å²) in [6, 6.07) is 6.92. The van der Waals surface area contributed by atoms with Crippen molar-refractivity contribution in [1.82, 2.24) is 0 Å². The quantitative estimate of drug-likeness (QED) is 0.853. The summed E-state index contributed by atoms with van der Waals surface area (Å²) >= 11 is 0.0694. The Morgan fingerprint density at radius 2 is 2.29 bits per heavy atom. The van der Waals surface area contributed by atoms with Crippen LogP contribution in [0.15, 0.2) is 26.1 Å². The molecule has 3 rings (SSSR count). The predicted octanol–water partition coefficient (Wildman–Crippen LogP) is 4.03. The molecule has 90 valence electrons. The Labute approximate surface area is 108 Å². The average molecular weight is 294 g/mol. The molecule has 1 N–H and O–H groups in total. The van der Waals surface area contributed by atoms with Crippen molar-refractivity contribution in [3.05, 3.63) is 18.2 Å². The summed E-state index contributed by atoms with van der Waals surface area (Å²) in [5.41, 5.74) is 3.35. The Hall–Kier alpha value is -0.861. The molecule has 0 spiro atoms. The summed E-state index contributed by atoms with van der Waals surface area (Å²) in [6.07, 6.45) is 5.30. The monoisotopic (exact) mass is 295 g/mol. The molecule has 4 heteroatoms. The summed E-state index contributed by atoms with van der Waals surface area (Å²) in [4.78, 5) is 0. The first-order valence-corrected chi connectivity index (χ1v) is 7.89. The van der Waals surface area contributed by atoms with Gasteiger partial charge in [0, 0.05) is 0 Å². The van der Waals surface area contributed by atoms with Crippen molar-refractivity contribution < 1.29 is 0 Å². The SMILES string of the molecule is CCC1CCCC1Nc1cccc2c1N=[Se]=N2. The van der Waals surface area contributed by atoms with Gasteiger partial charge in [-0.05, 0) is 0 Å². The van der Waals surface area contributed by atoms with Crippen LogP contribution in [0.25, 0.3) is 0 Å². The molecule has 1 heterocycles. The van der Waals surface area contributed by atoms with Gasteiger partial charge in [0.05, 0.1) is 0 Å². The first-order valence-electron chi connectivity index (χ1n) is 6.36. The number of fused-ring (bicyclic) bond motifs is 1. The maximum absolute atomic E-state index is 4.53. The van der Waals surface area contributed by atoms with Crippen LogP contribution in [0.3, 0.4) is 0 Å². The molecule has 0 amide bonds. The first kappa shape index (κ1) is 11.2. The van der Waals surface area contributed by atoms with Crippen LogP contribution in [-0.2, 0) is 0 Å². The fraction of sp³-hybridized carbons (Fsp3) is 0.538. The van der Waals surface area contributed by atoms with E-state index in [0.717, 1.165) is 17.3 Å². The normalized spacial score (nSPS) is 25.7. The Balaban J connectivity index is 1.82. The molecular weight excluding hydrogens is 277 g/mol. The predicted molar refractivity (Wildman–Crippen MR) is 71.4 cm³/mol. The van der Waals surface area contributed by atoms with E-state index in [-0.39, 0.29) is 14.6 Å². The van der Waals surface area contributed by atoms with Crippen molar-refractivity contribution in [2.75, 3.05) is 5.32 Å². The number of hydrogen-bond acceptors (Lipinski definition) is 3. The van der Waals surface area contributed by atoms with Gasteiger partial charge in [-0.2, -0.15) is 0 Å². The van der Waals surface area contributed by atoms with Crippen molar-refractivity contribution in [3.8, 4) is 0 Å². The molecule has 2 atom stereocenters. The van der Waals surface area contributed by atoms with Gasteiger partial charge < -0.3 is 0 Å². The minimum atomic E-state index is 0.0694. The summed E-state index contributed by atoms with van der Waals surface area (Å²) in [6.45, 7) is 2.29. The third-order valence-electron chi connectivity index (χ3n) is 3.81. The Morgan fingerprint density at radius 1 is 1.35 bits per heavy atom. The van der Waals surface area contributed by atoms with Crippen molar-refractivity contribution in [2.45, 2.75) is 38.6 Å². The minimum absolute atomic E-state index is 0.0694. The third kappa shape index (κ3) is 2.12. The van der Waals surface area contributed by atoms with Gasteiger partial charge in [-0.15, -0.1) is 0 Å². The van der Waals surface area contributed by atoms with E-state index in [1.54, 1.807) is 0 Å². The van der Waals surface area contributed by atoms with Gasteiger partial charge in [0.2, 0.25) is 0 Å². The van der Waals surface area contributed by atoms with E-state index in [0.29, 0.717) is 6.04 Å². The van der Waals surface area contributed by atoms with Crippen LogP contribution >= 0.6 is 0 Å². The van der Waals surface area contributed by atoms with E-state index in [1.807, 2.05) is 0 Å². The fourth-order valence-electron chi connectivity index (χ4n) is 2.84. The van der Waals surface area contributed by atoms with E-state index in [1.165, 1.54) is 31.4 Å². The van der Waals surface area contributed by atoms with Crippen molar-refractivity contribution in [1.29, 1.82) is 0 Å².